The number of urea groups is 1. The van der Waals surface area contributed by atoms with Gasteiger partial charge in [0.25, 0.3) is 10.0 Å². The first-order valence-electron chi connectivity index (χ1n) is 7.27. The fourth-order valence-corrected chi connectivity index (χ4v) is 3.59. The number of sulfonamides is 1. The van der Waals surface area contributed by atoms with Crippen molar-refractivity contribution in [1.82, 2.24) is 10.0 Å². The van der Waals surface area contributed by atoms with Crippen LogP contribution in [0.3, 0.4) is 0 Å². The Bertz CT molecular complexity index is 596. The molecule has 0 aliphatic heterocycles. The maximum absolute atomic E-state index is 12.1. The second-order valence-electron chi connectivity index (χ2n) is 5.86. The Kier molecular flexibility index (Phi) is 4.88. The largest absolute Gasteiger partial charge is 0.335 e. The SMILES string of the molecule is Cc1ccc(S(=O)(=O)NC(=O)NC2CCCC(C)C2)cc1. The average Bonchev–Trinajstić information content (AvgIpc) is 2.38. The molecule has 2 rings (SSSR count). The molecule has 2 N–H and O–H groups in total. The summed E-state index contributed by atoms with van der Waals surface area (Å²) in [5.74, 6) is 0.567. The zero-order valence-corrected chi connectivity index (χ0v) is 13.2. The molecule has 0 radical (unpaired) electrons. The Balaban J connectivity index is 1.96. The monoisotopic (exact) mass is 310 g/mol. The number of amides is 2. The lowest BCUT2D eigenvalue weighted by Gasteiger charge is -2.27. The van der Waals surface area contributed by atoms with Crippen LogP contribution in [-0.4, -0.2) is 20.5 Å². The van der Waals surface area contributed by atoms with Crippen molar-refractivity contribution in [2.45, 2.75) is 50.5 Å². The van der Waals surface area contributed by atoms with Gasteiger partial charge in [0.1, 0.15) is 0 Å². The third-order valence-corrected chi connectivity index (χ3v) is 5.18. The summed E-state index contributed by atoms with van der Waals surface area (Å²) < 4.78 is 26.3. The van der Waals surface area contributed by atoms with Crippen molar-refractivity contribution in [3.8, 4) is 0 Å². The molecule has 1 aliphatic rings. The van der Waals surface area contributed by atoms with Gasteiger partial charge in [0.2, 0.25) is 0 Å². The van der Waals surface area contributed by atoms with E-state index in [4.69, 9.17) is 0 Å². The number of carbonyl (C=O) groups excluding carboxylic acids is 1. The van der Waals surface area contributed by atoms with Gasteiger partial charge in [-0.2, -0.15) is 0 Å². The molecule has 21 heavy (non-hydrogen) atoms. The highest BCUT2D eigenvalue weighted by Crippen LogP contribution is 2.23. The highest BCUT2D eigenvalue weighted by Gasteiger charge is 2.23. The normalized spacial score (nSPS) is 22.6. The fraction of sp³-hybridized carbons (Fsp3) is 0.533. The standard InChI is InChI=1S/C15H22N2O3S/c1-11-6-8-14(9-7-11)21(19,20)17-15(18)16-13-5-3-4-12(2)10-13/h6-9,12-13H,3-5,10H2,1-2H3,(H2,16,17,18). The minimum Gasteiger partial charge on any atom is -0.335 e. The lowest BCUT2D eigenvalue weighted by molar-refractivity contribution is 0.232. The van der Waals surface area contributed by atoms with Gasteiger partial charge in [-0.05, 0) is 37.8 Å². The van der Waals surface area contributed by atoms with Crippen LogP contribution in [-0.2, 0) is 10.0 Å². The van der Waals surface area contributed by atoms with Crippen molar-refractivity contribution in [1.29, 1.82) is 0 Å². The van der Waals surface area contributed by atoms with E-state index >= 15 is 0 Å². The van der Waals surface area contributed by atoms with Crippen molar-refractivity contribution in [3.05, 3.63) is 29.8 Å². The number of hydrogen-bond donors (Lipinski definition) is 2. The van der Waals surface area contributed by atoms with Gasteiger partial charge >= 0.3 is 6.03 Å². The van der Waals surface area contributed by atoms with E-state index in [1.807, 2.05) is 6.92 Å². The second-order valence-corrected chi connectivity index (χ2v) is 7.54. The molecule has 2 unspecified atom stereocenters. The van der Waals surface area contributed by atoms with Crippen molar-refractivity contribution in [2.24, 2.45) is 5.92 Å². The molecule has 1 aromatic rings. The Morgan fingerprint density at radius 1 is 1.19 bits per heavy atom. The number of benzene rings is 1. The zero-order valence-electron chi connectivity index (χ0n) is 12.4. The predicted molar refractivity (Wildman–Crippen MR) is 81.5 cm³/mol. The molecule has 0 heterocycles. The summed E-state index contributed by atoms with van der Waals surface area (Å²) in [6, 6.07) is 5.81. The van der Waals surface area contributed by atoms with E-state index in [9.17, 15) is 13.2 Å². The number of hydrogen-bond acceptors (Lipinski definition) is 3. The van der Waals surface area contributed by atoms with Gasteiger partial charge in [-0.3, -0.25) is 0 Å². The lowest BCUT2D eigenvalue weighted by Crippen LogP contribution is -2.45. The third-order valence-electron chi connectivity index (χ3n) is 3.83. The highest BCUT2D eigenvalue weighted by molar-refractivity contribution is 7.90. The van der Waals surface area contributed by atoms with Crippen LogP contribution in [0.5, 0.6) is 0 Å². The van der Waals surface area contributed by atoms with Crippen LogP contribution in [0.25, 0.3) is 0 Å². The first kappa shape index (κ1) is 15.8. The Hall–Kier alpha value is -1.56. The quantitative estimate of drug-likeness (QED) is 0.901. The summed E-state index contributed by atoms with van der Waals surface area (Å²) >= 11 is 0. The maximum atomic E-state index is 12.1. The van der Waals surface area contributed by atoms with Gasteiger partial charge in [0.15, 0.2) is 0 Å². The first-order valence-corrected chi connectivity index (χ1v) is 8.75. The summed E-state index contributed by atoms with van der Waals surface area (Å²) in [5, 5.41) is 2.76. The van der Waals surface area contributed by atoms with Crippen LogP contribution in [0.15, 0.2) is 29.2 Å². The van der Waals surface area contributed by atoms with E-state index in [1.54, 1.807) is 12.1 Å². The van der Waals surface area contributed by atoms with Gasteiger partial charge in [0, 0.05) is 6.04 Å². The minimum absolute atomic E-state index is 0.0574. The molecule has 0 aromatic heterocycles. The van der Waals surface area contributed by atoms with E-state index < -0.39 is 16.1 Å². The molecule has 1 aromatic carbocycles. The summed E-state index contributed by atoms with van der Waals surface area (Å²) in [4.78, 5) is 12.0. The lowest BCUT2D eigenvalue weighted by atomic mass is 9.87. The van der Waals surface area contributed by atoms with Gasteiger partial charge in [-0.25, -0.2) is 17.9 Å². The molecule has 1 aliphatic carbocycles. The van der Waals surface area contributed by atoms with Crippen LogP contribution < -0.4 is 10.0 Å². The van der Waals surface area contributed by atoms with E-state index in [1.165, 1.54) is 18.6 Å². The summed E-state index contributed by atoms with van der Waals surface area (Å²) in [5.41, 5.74) is 0.967. The van der Waals surface area contributed by atoms with Crippen LogP contribution in [0.2, 0.25) is 0 Å². The molecule has 0 saturated heterocycles. The fourth-order valence-electron chi connectivity index (χ4n) is 2.68. The molecule has 0 spiro atoms. The number of aryl methyl sites for hydroxylation is 1. The average molecular weight is 310 g/mol. The van der Waals surface area contributed by atoms with Gasteiger partial charge < -0.3 is 5.32 Å². The topological polar surface area (TPSA) is 75.3 Å². The molecular formula is C15H22N2O3S. The molecule has 2 amide bonds. The molecule has 5 nitrogen and oxygen atoms in total. The Morgan fingerprint density at radius 3 is 2.48 bits per heavy atom. The third kappa shape index (κ3) is 4.46. The summed E-state index contributed by atoms with van der Waals surface area (Å²) in [6.45, 7) is 4.02. The second kappa shape index (κ2) is 6.47. The smallest absolute Gasteiger partial charge is 0.328 e. The number of rotatable bonds is 3. The van der Waals surface area contributed by atoms with E-state index in [0.717, 1.165) is 24.8 Å². The first-order chi connectivity index (χ1) is 9.87. The molecule has 0 bridgehead atoms. The van der Waals surface area contributed by atoms with Crippen LogP contribution in [0, 0.1) is 12.8 Å². The number of carbonyl (C=O) groups is 1. The molecule has 2 atom stereocenters. The van der Waals surface area contributed by atoms with Crippen molar-refractivity contribution >= 4 is 16.1 Å². The summed E-state index contributed by atoms with van der Waals surface area (Å²) in [6.07, 6.45) is 4.04. The minimum atomic E-state index is -3.80. The summed E-state index contributed by atoms with van der Waals surface area (Å²) in [7, 11) is -3.80. The van der Waals surface area contributed by atoms with Crippen LogP contribution >= 0.6 is 0 Å². The molecule has 1 fully saturated rings. The van der Waals surface area contributed by atoms with Crippen LogP contribution in [0.4, 0.5) is 4.79 Å². The van der Waals surface area contributed by atoms with Crippen molar-refractivity contribution in [2.75, 3.05) is 0 Å². The Morgan fingerprint density at radius 2 is 1.86 bits per heavy atom. The van der Waals surface area contributed by atoms with E-state index in [-0.39, 0.29) is 10.9 Å². The number of nitrogens with one attached hydrogen (secondary N) is 2. The van der Waals surface area contributed by atoms with Crippen molar-refractivity contribution < 1.29 is 13.2 Å². The zero-order chi connectivity index (χ0) is 15.5. The van der Waals surface area contributed by atoms with Crippen molar-refractivity contribution in [3.63, 3.8) is 0 Å². The molecule has 116 valence electrons. The van der Waals surface area contributed by atoms with Gasteiger partial charge in [0.05, 0.1) is 4.90 Å². The van der Waals surface area contributed by atoms with Gasteiger partial charge in [-0.15, -0.1) is 0 Å². The Labute approximate surface area is 126 Å². The predicted octanol–water partition coefficient (Wildman–Crippen LogP) is 2.56. The van der Waals surface area contributed by atoms with Gasteiger partial charge in [-0.1, -0.05) is 37.5 Å². The van der Waals surface area contributed by atoms with E-state index in [2.05, 4.69) is 17.0 Å². The molecule has 6 heteroatoms. The highest BCUT2D eigenvalue weighted by atomic mass is 32.2. The maximum Gasteiger partial charge on any atom is 0.328 e. The van der Waals surface area contributed by atoms with Crippen LogP contribution in [0.1, 0.15) is 38.2 Å². The molecule has 1 saturated carbocycles. The molecular weight excluding hydrogens is 288 g/mol. The van der Waals surface area contributed by atoms with E-state index in [0.29, 0.717) is 5.92 Å².